The molecular weight excluding hydrogens is 404 g/mol. The fraction of sp³-hybridized carbons (Fsp3) is 0.688. The Balaban J connectivity index is 5.21. The number of aliphatic carboxylic acids is 1. The lowest BCUT2D eigenvalue weighted by Crippen LogP contribution is -2.56. The normalized spacial score (nSPS) is 13.6. The summed E-state index contributed by atoms with van der Waals surface area (Å²) in [4.78, 5) is 58.6. The number of carboxylic acid groups (broad SMARTS) is 1. The lowest BCUT2D eigenvalue weighted by Gasteiger charge is -2.23. The number of amides is 4. The van der Waals surface area contributed by atoms with Crippen molar-refractivity contribution in [2.45, 2.75) is 50.2 Å². The standard InChI is InChI=1S/C16H30N6O6S/c17-6-2-1-3-10(15(27)20-7-13(24)25)22-16(28)11(4-5-12(19)23)21-14(26)9(18)8-29/h9-11,29H,1-8,17-18H2,(H2,19,23)(H,20,27)(H,21,26)(H,22,28)(H,24,25). The van der Waals surface area contributed by atoms with Crippen molar-refractivity contribution in [3.63, 3.8) is 0 Å². The molecule has 0 aromatic carbocycles. The zero-order valence-electron chi connectivity index (χ0n) is 16.1. The summed E-state index contributed by atoms with van der Waals surface area (Å²) in [5.74, 6) is -3.94. The summed E-state index contributed by atoms with van der Waals surface area (Å²) in [5.41, 5.74) is 16.1. The fourth-order valence-corrected chi connectivity index (χ4v) is 2.40. The van der Waals surface area contributed by atoms with E-state index in [1.807, 2.05) is 0 Å². The van der Waals surface area contributed by atoms with E-state index in [-0.39, 0.29) is 25.0 Å². The zero-order valence-corrected chi connectivity index (χ0v) is 17.0. The van der Waals surface area contributed by atoms with Crippen molar-refractivity contribution in [2.24, 2.45) is 17.2 Å². The van der Waals surface area contributed by atoms with E-state index in [9.17, 15) is 24.0 Å². The van der Waals surface area contributed by atoms with Crippen LogP contribution in [0.3, 0.4) is 0 Å². The van der Waals surface area contributed by atoms with Crippen molar-refractivity contribution >= 4 is 42.2 Å². The number of unbranched alkanes of at least 4 members (excludes halogenated alkanes) is 1. The van der Waals surface area contributed by atoms with Gasteiger partial charge in [-0.1, -0.05) is 0 Å². The Morgan fingerprint density at radius 1 is 0.931 bits per heavy atom. The molecule has 0 saturated heterocycles. The summed E-state index contributed by atoms with van der Waals surface area (Å²) in [7, 11) is 0. The van der Waals surface area contributed by atoms with Crippen LogP contribution in [-0.4, -0.2) is 71.7 Å². The Hall–Kier alpha value is -2.38. The summed E-state index contributed by atoms with van der Waals surface area (Å²) in [6, 6.07) is -3.17. The van der Waals surface area contributed by atoms with Crippen LogP contribution in [0.25, 0.3) is 0 Å². The molecule has 3 atom stereocenters. The molecule has 0 fully saturated rings. The first kappa shape index (κ1) is 26.6. The highest BCUT2D eigenvalue weighted by atomic mass is 32.1. The molecule has 0 saturated carbocycles. The molecule has 0 aliphatic carbocycles. The average molecular weight is 435 g/mol. The van der Waals surface area contributed by atoms with Crippen LogP contribution < -0.4 is 33.2 Å². The number of primary amides is 1. The van der Waals surface area contributed by atoms with Crippen LogP contribution in [0.4, 0.5) is 0 Å². The number of nitrogens with two attached hydrogens (primary N) is 3. The van der Waals surface area contributed by atoms with Gasteiger partial charge in [0.1, 0.15) is 18.6 Å². The van der Waals surface area contributed by atoms with Crippen molar-refractivity contribution in [3.8, 4) is 0 Å². The molecule has 0 spiro atoms. The number of rotatable bonds is 15. The van der Waals surface area contributed by atoms with Gasteiger partial charge in [-0.05, 0) is 32.2 Å². The number of carbonyl (C=O) groups is 5. The maximum absolute atomic E-state index is 12.6. The number of carbonyl (C=O) groups excluding carboxylic acids is 4. The monoisotopic (exact) mass is 434 g/mol. The summed E-state index contributed by atoms with van der Waals surface area (Å²) < 4.78 is 0. The molecule has 13 heteroatoms. The third kappa shape index (κ3) is 11.9. The summed E-state index contributed by atoms with van der Waals surface area (Å²) in [6.07, 6.45) is 1.03. The van der Waals surface area contributed by atoms with Crippen LogP contribution >= 0.6 is 12.6 Å². The van der Waals surface area contributed by atoms with Gasteiger partial charge in [0.2, 0.25) is 23.6 Å². The minimum Gasteiger partial charge on any atom is -0.480 e. The molecule has 0 aromatic rings. The van der Waals surface area contributed by atoms with E-state index in [0.29, 0.717) is 19.4 Å². The van der Waals surface area contributed by atoms with Crippen LogP contribution in [-0.2, 0) is 24.0 Å². The minimum atomic E-state index is -1.24. The Kier molecular flexibility index (Phi) is 13.4. The van der Waals surface area contributed by atoms with E-state index in [1.54, 1.807) is 0 Å². The first-order chi connectivity index (χ1) is 13.6. The van der Waals surface area contributed by atoms with Gasteiger partial charge < -0.3 is 38.3 Å². The van der Waals surface area contributed by atoms with Gasteiger partial charge in [-0.15, -0.1) is 0 Å². The van der Waals surface area contributed by atoms with Gasteiger partial charge in [-0.2, -0.15) is 12.6 Å². The molecule has 0 heterocycles. The van der Waals surface area contributed by atoms with Crippen LogP contribution in [0, 0.1) is 0 Å². The Morgan fingerprint density at radius 2 is 1.52 bits per heavy atom. The SMILES string of the molecule is NCCCCC(NC(=O)C(CCC(N)=O)NC(=O)C(N)CS)C(=O)NCC(=O)O. The molecule has 0 aliphatic heterocycles. The van der Waals surface area contributed by atoms with Gasteiger partial charge >= 0.3 is 5.97 Å². The third-order valence-electron chi connectivity index (χ3n) is 3.84. The summed E-state index contributed by atoms with van der Waals surface area (Å²) in [6.45, 7) is -0.225. The molecule has 29 heavy (non-hydrogen) atoms. The fourth-order valence-electron chi connectivity index (χ4n) is 2.24. The quantitative estimate of drug-likeness (QED) is 0.0966. The molecule has 4 amide bonds. The third-order valence-corrected chi connectivity index (χ3v) is 4.23. The van der Waals surface area contributed by atoms with Gasteiger partial charge in [0, 0.05) is 12.2 Å². The number of thiol groups is 1. The van der Waals surface area contributed by atoms with Crippen molar-refractivity contribution in [3.05, 3.63) is 0 Å². The Labute approximate surface area is 174 Å². The molecule has 0 bridgehead atoms. The minimum absolute atomic E-state index is 0.0370. The summed E-state index contributed by atoms with van der Waals surface area (Å²) >= 11 is 3.91. The van der Waals surface area contributed by atoms with Crippen LogP contribution in [0.5, 0.6) is 0 Å². The molecular formula is C16H30N6O6S. The number of hydrogen-bond acceptors (Lipinski definition) is 8. The molecule has 0 radical (unpaired) electrons. The average Bonchev–Trinajstić information content (AvgIpc) is 2.67. The second-order valence-corrected chi connectivity index (χ2v) is 6.68. The Bertz CT molecular complexity index is 590. The highest BCUT2D eigenvalue weighted by Gasteiger charge is 2.28. The molecule has 0 aliphatic rings. The largest absolute Gasteiger partial charge is 0.480 e. The molecule has 12 nitrogen and oxygen atoms in total. The van der Waals surface area contributed by atoms with Gasteiger partial charge in [-0.25, -0.2) is 0 Å². The molecule has 0 rings (SSSR count). The number of nitrogens with one attached hydrogen (secondary N) is 3. The van der Waals surface area contributed by atoms with Gasteiger partial charge in [0.25, 0.3) is 0 Å². The molecule has 10 N–H and O–H groups in total. The maximum Gasteiger partial charge on any atom is 0.322 e. The maximum atomic E-state index is 12.6. The van der Waals surface area contributed by atoms with Crippen molar-refractivity contribution in [2.75, 3.05) is 18.8 Å². The van der Waals surface area contributed by atoms with E-state index in [1.165, 1.54) is 0 Å². The van der Waals surface area contributed by atoms with Gasteiger partial charge in [-0.3, -0.25) is 24.0 Å². The van der Waals surface area contributed by atoms with E-state index >= 15 is 0 Å². The summed E-state index contributed by atoms with van der Waals surface area (Å²) in [5, 5.41) is 15.8. The van der Waals surface area contributed by atoms with Gasteiger partial charge in [0.05, 0.1) is 6.04 Å². The van der Waals surface area contributed by atoms with Crippen molar-refractivity contribution in [1.29, 1.82) is 0 Å². The second-order valence-electron chi connectivity index (χ2n) is 6.31. The van der Waals surface area contributed by atoms with Crippen LogP contribution in [0.1, 0.15) is 32.1 Å². The Morgan fingerprint density at radius 3 is 2.03 bits per heavy atom. The van der Waals surface area contributed by atoms with Crippen LogP contribution in [0.15, 0.2) is 0 Å². The smallest absolute Gasteiger partial charge is 0.322 e. The van der Waals surface area contributed by atoms with E-state index in [2.05, 4.69) is 28.6 Å². The first-order valence-corrected chi connectivity index (χ1v) is 9.70. The molecule has 166 valence electrons. The number of carboxylic acids is 1. The number of hydrogen-bond donors (Lipinski definition) is 8. The topological polar surface area (TPSA) is 220 Å². The van der Waals surface area contributed by atoms with E-state index in [4.69, 9.17) is 22.3 Å². The zero-order chi connectivity index (χ0) is 22.4. The lowest BCUT2D eigenvalue weighted by molar-refractivity contribution is -0.138. The van der Waals surface area contributed by atoms with E-state index < -0.39 is 54.3 Å². The predicted molar refractivity (Wildman–Crippen MR) is 108 cm³/mol. The highest BCUT2D eigenvalue weighted by Crippen LogP contribution is 2.04. The van der Waals surface area contributed by atoms with Crippen LogP contribution in [0.2, 0.25) is 0 Å². The second kappa shape index (κ2) is 14.6. The first-order valence-electron chi connectivity index (χ1n) is 9.07. The highest BCUT2D eigenvalue weighted by molar-refractivity contribution is 7.80. The molecule has 3 unspecified atom stereocenters. The van der Waals surface area contributed by atoms with E-state index in [0.717, 1.165) is 0 Å². The van der Waals surface area contributed by atoms with Crippen molar-refractivity contribution < 1.29 is 29.1 Å². The van der Waals surface area contributed by atoms with Crippen molar-refractivity contribution in [1.82, 2.24) is 16.0 Å². The van der Waals surface area contributed by atoms with Gasteiger partial charge in [0.15, 0.2) is 0 Å². The lowest BCUT2D eigenvalue weighted by atomic mass is 10.1. The predicted octanol–water partition coefficient (Wildman–Crippen LogP) is -3.19. The molecule has 0 aromatic heterocycles.